The topological polar surface area (TPSA) is 110 Å². The summed E-state index contributed by atoms with van der Waals surface area (Å²) in [5.41, 5.74) is 2.87. The summed E-state index contributed by atoms with van der Waals surface area (Å²) < 4.78 is 17.0. The maximum absolute atomic E-state index is 9.52. The third-order valence-corrected chi connectivity index (χ3v) is 4.98. The molecule has 8 heteroatoms. The second kappa shape index (κ2) is 9.03. The number of aliphatic hydroxyl groups is 2. The minimum absolute atomic E-state index is 0.247. The molecule has 0 radical (unpaired) electrons. The fraction of sp³-hybridized carbons (Fsp3) is 0.217. The van der Waals surface area contributed by atoms with Crippen LogP contribution in [-0.2, 0) is 0 Å². The lowest BCUT2D eigenvalue weighted by molar-refractivity contribution is 0.203. The van der Waals surface area contributed by atoms with Crippen molar-refractivity contribution < 1.29 is 24.1 Å². The SMILES string of the molecule is COc1ccc(-c2oc3ncnc(NC(CO)CO)c3c2-c2ccccc2)cc1OC. The van der Waals surface area contributed by atoms with Crippen LogP contribution in [0.3, 0.4) is 0 Å². The van der Waals surface area contributed by atoms with Crippen LogP contribution in [-0.4, -0.2) is 53.7 Å². The molecule has 4 rings (SSSR count). The van der Waals surface area contributed by atoms with E-state index in [1.54, 1.807) is 14.2 Å². The third kappa shape index (κ3) is 3.90. The first kappa shape index (κ1) is 20.6. The van der Waals surface area contributed by atoms with E-state index in [4.69, 9.17) is 13.9 Å². The summed E-state index contributed by atoms with van der Waals surface area (Å²) in [6.07, 6.45) is 1.38. The van der Waals surface area contributed by atoms with Crippen molar-refractivity contribution in [1.82, 2.24) is 9.97 Å². The number of aliphatic hydroxyl groups excluding tert-OH is 2. The van der Waals surface area contributed by atoms with E-state index in [2.05, 4.69) is 15.3 Å². The molecule has 0 fully saturated rings. The van der Waals surface area contributed by atoms with Gasteiger partial charge in [0, 0.05) is 11.1 Å². The Morgan fingerprint density at radius 1 is 0.935 bits per heavy atom. The summed E-state index contributed by atoms with van der Waals surface area (Å²) >= 11 is 0. The number of nitrogens with one attached hydrogen (secondary N) is 1. The van der Waals surface area contributed by atoms with Crippen molar-refractivity contribution in [3.8, 4) is 33.9 Å². The molecular weight excluding hydrogens is 398 g/mol. The van der Waals surface area contributed by atoms with Gasteiger partial charge in [0.2, 0.25) is 5.71 Å². The zero-order valence-electron chi connectivity index (χ0n) is 17.2. The molecule has 0 unspecified atom stereocenters. The molecule has 0 aliphatic heterocycles. The summed E-state index contributed by atoms with van der Waals surface area (Å²) in [7, 11) is 3.16. The minimum atomic E-state index is -0.568. The van der Waals surface area contributed by atoms with Crippen LogP contribution in [0.15, 0.2) is 59.3 Å². The third-order valence-electron chi connectivity index (χ3n) is 4.98. The van der Waals surface area contributed by atoms with Crippen molar-refractivity contribution in [3.05, 3.63) is 54.9 Å². The van der Waals surface area contributed by atoms with E-state index in [9.17, 15) is 10.2 Å². The van der Waals surface area contributed by atoms with Crippen molar-refractivity contribution in [2.45, 2.75) is 6.04 Å². The predicted octanol–water partition coefficient (Wildman–Crippen LogP) is 3.34. The van der Waals surface area contributed by atoms with Gasteiger partial charge in [-0.15, -0.1) is 0 Å². The van der Waals surface area contributed by atoms with Crippen LogP contribution in [0.5, 0.6) is 11.5 Å². The molecule has 0 amide bonds. The summed E-state index contributed by atoms with van der Waals surface area (Å²) in [5, 5.41) is 22.8. The summed E-state index contributed by atoms with van der Waals surface area (Å²) in [5.74, 6) is 2.24. The second-order valence-corrected chi connectivity index (χ2v) is 6.85. The van der Waals surface area contributed by atoms with Gasteiger partial charge in [-0.25, -0.2) is 9.97 Å². The van der Waals surface area contributed by atoms with Crippen molar-refractivity contribution in [3.63, 3.8) is 0 Å². The molecule has 0 bridgehead atoms. The highest BCUT2D eigenvalue weighted by molar-refractivity contribution is 6.06. The van der Waals surface area contributed by atoms with Gasteiger partial charge >= 0.3 is 0 Å². The van der Waals surface area contributed by atoms with E-state index in [-0.39, 0.29) is 13.2 Å². The van der Waals surface area contributed by atoms with Crippen LogP contribution in [0.2, 0.25) is 0 Å². The largest absolute Gasteiger partial charge is 0.493 e. The van der Waals surface area contributed by atoms with Crippen molar-refractivity contribution in [2.24, 2.45) is 0 Å². The number of methoxy groups -OCH3 is 2. The number of ether oxygens (including phenoxy) is 2. The van der Waals surface area contributed by atoms with Crippen LogP contribution in [0.1, 0.15) is 0 Å². The van der Waals surface area contributed by atoms with Gasteiger partial charge in [0.05, 0.1) is 38.9 Å². The average Bonchev–Trinajstić information content (AvgIpc) is 3.23. The van der Waals surface area contributed by atoms with Gasteiger partial charge in [0.1, 0.15) is 17.9 Å². The maximum Gasteiger partial charge on any atom is 0.232 e. The summed E-state index contributed by atoms with van der Waals surface area (Å²) in [6.45, 7) is -0.494. The molecule has 8 nitrogen and oxygen atoms in total. The first-order valence-corrected chi connectivity index (χ1v) is 9.73. The van der Waals surface area contributed by atoms with Crippen LogP contribution < -0.4 is 14.8 Å². The standard InChI is InChI=1S/C23H23N3O5/c1-29-17-9-8-15(10-18(17)30-2)21-19(14-6-4-3-5-7-14)20-22(26-16(11-27)12-28)24-13-25-23(20)31-21/h3-10,13,16,27-28H,11-12H2,1-2H3,(H,24,25,26). The van der Waals surface area contributed by atoms with Gasteiger partial charge in [0.15, 0.2) is 11.5 Å². The zero-order chi connectivity index (χ0) is 21.8. The van der Waals surface area contributed by atoms with Gasteiger partial charge in [-0.3, -0.25) is 0 Å². The Morgan fingerprint density at radius 3 is 2.35 bits per heavy atom. The molecule has 0 spiro atoms. The van der Waals surface area contributed by atoms with Crippen molar-refractivity contribution >= 4 is 16.9 Å². The predicted molar refractivity (Wildman–Crippen MR) is 117 cm³/mol. The molecular formula is C23H23N3O5. The Kier molecular flexibility index (Phi) is 6.01. The summed E-state index contributed by atoms with van der Waals surface area (Å²) in [6, 6.07) is 14.7. The number of anilines is 1. The molecule has 2 heterocycles. The smallest absolute Gasteiger partial charge is 0.232 e. The van der Waals surface area contributed by atoms with E-state index < -0.39 is 6.04 Å². The highest BCUT2D eigenvalue weighted by Gasteiger charge is 2.23. The molecule has 0 saturated heterocycles. The lowest BCUT2D eigenvalue weighted by atomic mass is 9.99. The van der Waals surface area contributed by atoms with Crippen LogP contribution in [0, 0.1) is 0 Å². The zero-order valence-corrected chi connectivity index (χ0v) is 17.2. The lowest BCUT2D eigenvalue weighted by Crippen LogP contribution is -2.28. The quantitative estimate of drug-likeness (QED) is 0.397. The average molecular weight is 421 g/mol. The highest BCUT2D eigenvalue weighted by atomic mass is 16.5. The van der Waals surface area contributed by atoms with Crippen LogP contribution in [0.25, 0.3) is 33.6 Å². The molecule has 0 saturated carbocycles. The van der Waals surface area contributed by atoms with E-state index in [0.717, 1.165) is 16.7 Å². The van der Waals surface area contributed by atoms with Gasteiger partial charge in [-0.2, -0.15) is 0 Å². The maximum atomic E-state index is 9.52. The van der Waals surface area contributed by atoms with Crippen LogP contribution >= 0.6 is 0 Å². The molecule has 2 aromatic carbocycles. The molecule has 3 N–H and O–H groups in total. The monoisotopic (exact) mass is 421 g/mol. The van der Waals surface area contributed by atoms with Crippen LogP contribution in [0.4, 0.5) is 5.82 Å². The molecule has 0 aliphatic carbocycles. The second-order valence-electron chi connectivity index (χ2n) is 6.85. The first-order valence-electron chi connectivity index (χ1n) is 9.73. The Labute approximate surface area is 179 Å². The Balaban J connectivity index is 1.98. The van der Waals surface area contributed by atoms with E-state index in [0.29, 0.717) is 34.2 Å². The molecule has 2 aromatic heterocycles. The minimum Gasteiger partial charge on any atom is -0.493 e. The molecule has 0 aliphatic rings. The number of rotatable bonds is 8. The van der Waals surface area contributed by atoms with E-state index in [1.807, 2.05) is 48.5 Å². The number of benzene rings is 2. The van der Waals surface area contributed by atoms with Crippen molar-refractivity contribution in [1.29, 1.82) is 0 Å². The summed E-state index contributed by atoms with van der Waals surface area (Å²) in [4.78, 5) is 8.66. The van der Waals surface area contributed by atoms with Crippen molar-refractivity contribution in [2.75, 3.05) is 32.8 Å². The van der Waals surface area contributed by atoms with Gasteiger partial charge in [-0.05, 0) is 23.8 Å². The van der Waals surface area contributed by atoms with Gasteiger partial charge < -0.3 is 29.4 Å². The fourth-order valence-electron chi connectivity index (χ4n) is 3.45. The number of hydrogen-bond acceptors (Lipinski definition) is 8. The highest BCUT2D eigenvalue weighted by Crippen LogP contribution is 2.44. The lowest BCUT2D eigenvalue weighted by Gasteiger charge is -2.15. The Bertz CT molecular complexity index is 1170. The number of aromatic nitrogens is 2. The van der Waals surface area contributed by atoms with Gasteiger partial charge in [0.25, 0.3) is 0 Å². The Morgan fingerprint density at radius 2 is 1.68 bits per heavy atom. The molecule has 4 aromatic rings. The molecule has 31 heavy (non-hydrogen) atoms. The fourth-order valence-corrected chi connectivity index (χ4v) is 3.45. The number of furan rings is 1. The first-order chi connectivity index (χ1) is 15.2. The normalized spacial score (nSPS) is 11.1. The van der Waals surface area contributed by atoms with E-state index in [1.165, 1.54) is 6.33 Å². The Hall–Kier alpha value is -3.62. The number of nitrogens with zero attached hydrogens (tertiary/aromatic N) is 2. The van der Waals surface area contributed by atoms with E-state index >= 15 is 0 Å². The number of fused-ring (bicyclic) bond motifs is 1. The number of hydrogen-bond donors (Lipinski definition) is 3. The molecule has 160 valence electrons. The van der Waals surface area contributed by atoms with Gasteiger partial charge in [-0.1, -0.05) is 30.3 Å². The molecule has 0 atom stereocenters.